The van der Waals surface area contributed by atoms with Crippen LogP contribution < -0.4 is 5.32 Å². The van der Waals surface area contributed by atoms with Gasteiger partial charge in [0.05, 0.1) is 5.02 Å². The third-order valence-corrected chi connectivity index (χ3v) is 4.88. The fourth-order valence-corrected chi connectivity index (χ4v) is 3.71. The zero-order chi connectivity index (χ0) is 14.1. The Morgan fingerprint density at radius 2 is 2.15 bits per heavy atom. The number of rotatable bonds is 2. The van der Waals surface area contributed by atoms with E-state index < -0.39 is 0 Å². The quantitative estimate of drug-likeness (QED) is 0.911. The van der Waals surface area contributed by atoms with Crippen LogP contribution in [-0.2, 0) is 0 Å². The van der Waals surface area contributed by atoms with Crippen molar-refractivity contribution < 1.29 is 4.79 Å². The molecule has 0 radical (unpaired) electrons. The van der Waals surface area contributed by atoms with Crippen molar-refractivity contribution in [3.63, 3.8) is 0 Å². The molecule has 5 heteroatoms. The fourth-order valence-electron chi connectivity index (χ4n) is 3.53. The smallest absolute Gasteiger partial charge is 0.274 e. The van der Waals surface area contributed by atoms with Crippen LogP contribution >= 0.6 is 11.6 Å². The molecular weight excluding hydrogens is 274 g/mol. The predicted molar refractivity (Wildman–Crippen MR) is 80.2 cm³/mol. The molecule has 1 aromatic heterocycles. The van der Waals surface area contributed by atoms with Crippen LogP contribution in [0, 0.1) is 5.92 Å². The summed E-state index contributed by atoms with van der Waals surface area (Å²) in [5.74, 6) is 1.34. The zero-order valence-corrected chi connectivity index (χ0v) is 12.5. The first kappa shape index (κ1) is 13.7. The summed E-state index contributed by atoms with van der Waals surface area (Å²) in [6.45, 7) is 0.843. The lowest BCUT2D eigenvalue weighted by Crippen LogP contribution is -2.39. The van der Waals surface area contributed by atoms with Gasteiger partial charge in [-0.1, -0.05) is 24.4 Å². The van der Waals surface area contributed by atoms with E-state index >= 15 is 0 Å². The van der Waals surface area contributed by atoms with Gasteiger partial charge in [-0.15, -0.1) is 0 Å². The van der Waals surface area contributed by atoms with Crippen LogP contribution in [-0.4, -0.2) is 35.4 Å². The van der Waals surface area contributed by atoms with Crippen molar-refractivity contribution in [1.29, 1.82) is 0 Å². The second-order valence-electron chi connectivity index (χ2n) is 5.68. The number of anilines is 1. The first-order valence-electron chi connectivity index (χ1n) is 7.36. The second kappa shape index (κ2) is 5.60. The van der Waals surface area contributed by atoms with Gasteiger partial charge in [0, 0.05) is 19.6 Å². The van der Waals surface area contributed by atoms with Crippen molar-refractivity contribution in [1.82, 2.24) is 9.88 Å². The molecule has 2 atom stereocenters. The maximum Gasteiger partial charge on any atom is 0.274 e. The first-order chi connectivity index (χ1) is 9.70. The maximum absolute atomic E-state index is 12.7. The summed E-state index contributed by atoms with van der Waals surface area (Å²) in [6.07, 6.45) is 6.03. The number of hydrogen-bond acceptors (Lipinski definition) is 3. The van der Waals surface area contributed by atoms with Crippen molar-refractivity contribution in [2.75, 3.05) is 18.9 Å². The SMILES string of the molecule is CNc1ccc(Cl)c(C(=O)N2CCC3CCCCC32)n1. The Morgan fingerprint density at radius 3 is 2.95 bits per heavy atom. The van der Waals surface area contributed by atoms with Crippen molar-refractivity contribution >= 4 is 23.3 Å². The molecule has 0 aromatic carbocycles. The van der Waals surface area contributed by atoms with Crippen LogP contribution in [0.25, 0.3) is 0 Å². The molecule has 2 fully saturated rings. The van der Waals surface area contributed by atoms with E-state index in [1.807, 2.05) is 4.90 Å². The van der Waals surface area contributed by atoms with Crippen molar-refractivity contribution in [3.8, 4) is 0 Å². The molecule has 1 amide bonds. The number of fused-ring (bicyclic) bond motifs is 1. The van der Waals surface area contributed by atoms with Gasteiger partial charge >= 0.3 is 0 Å². The lowest BCUT2D eigenvalue weighted by atomic mass is 9.85. The molecule has 2 heterocycles. The molecule has 1 aliphatic heterocycles. The largest absolute Gasteiger partial charge is 0.373 e. The normalized spacial score (nSPS) is 25.4. The summed E-state index contributed by atoms with van der Waals surface area (Å²) in [4.78, 5) is 19.1. The molecule has 108 valence electrons. The van der Waals surface area contributed by atoms with E-state index in [4.69, 9.17) is 11.6 Å². The number of halogens is 1. The molecule has 1 saturated heterocycles. The molecule has 1 N–H and O–H groups in total. The Morgan fingerprint density at radius 1 is 1.35 bits per heavy atom. The Bertz CT molecular complexity index is 520. The average molecular weight is 294 g/mol. The highest BCUT2D eigenvalue weighted by molar-refractivity contribution is 6.33. The summed E-state index contributed by atoms with van der Waals surface area (Å²) in [5.41, 5.74) is 0.379. The Labute approximate surface area is 124 Å². The lowest BCUT2D eigenvalue weighted by Gasteiger charge is -2.31. The fraction of sp³-hybridized carbons (Fsp3) is 0.600. The van der Waals surface area contributed by atoms with E-state index in [1.54, 1.807) is 19.2 Å². The zero-order valence-electron chi connectivity index (χ0n) is 11.7. The van der Waals surface area contributed by atoms with E-state index in [0.717, 1.165) is 19.4 Å². The Kier molecular flexibility index (Phi) is 3.83. The van der Waals surface area contributed by atoms with Crippen LogP contribution in [0.5, 0.6) is 0 Å². The molecule has 20 heavy (non-hydrogen) atoms. The van der Waals surface area contributed by atoms with Gasteiger partial charge in [-0.25, -0.2) is 4.98 Å². The van der Waals surface area contributed by atoms with Gasteiger partial charge in [-0.3, -0.25) is 4.79 Å². The van der Waals surface area contributed by atoms with Crippen molar-refractivity contribution in [2.24, 2.45) is 5.92 Å². The van der Waals surface area contributed by atoms with E-state index in [-0.39, 0.29) is 5.91 Å². The number of pyridine rings is 1. The molecule has 0 spiro atoms. The third-order valence-electron chi connectivity index (χ3n) is 4.58. The van der Waals surface area contributed by atoms with Gasteiger partial charge in [0.1, 0.15) is 11.5 Å². The van der Waals surface area contributed by atoms with Gasteiger partial charge in [0.25, 0.3) is 5.91 Å². The minimum Gasteiger partial charge on any atom is -0.373 e. The lowest BCUT2D eigenvalue weighted by molar-refractivity contribution is 0.0684. The summed E-state index contributed by atoms with van der Waals surface area (Å²) < 4.78 is 0. The monoisotopic (exact) mass is 293 g/mol. The molecule has 3 rings (SSSR count). The number of carbonyl (C=O) groups is 1. The highest BCUT2D eigenvalue weighted by Crippen LogP contribution is 2.37. The molecule has 2 aliphatic rings. The minimum absolute atomic E-state index is 0.0125. The first-order valence-corrected chi connectivity index (χ1v) is 7.74. The van der Waals surface area contributed by atoms with Crippen LogP contribution in [0.4, 0.5) is 5.82 Å². The Balaban J connectivity index is 1.85. The van der Waals surface area contributed by atoms with E-state index in [1.165, 1.54) is 19.3 Å². The molecule has 4 nitrogen and oxygen atoms in total. The highest BCUT2D eigenvalue weighted by atomic mass is 35.5. The molecule has 2 unspecified atom stereocenters. The van der Waals surface area contributed by atoms with Gasteiger partial charge in [0.15, 0.2) is 0 Å². The minimum atomic E-state index is -0.0125. The summed E-state index contributed by atoms with van der Waals surface area (Å²) in [5, 5.41) is 3.39. The van der Waals surface area contributed by atoms with Crippen molar-refractivity contribution in [2.45, 2.75) is 38.1 Å². The number of nitrogens with one attached hydrogen (secondary N) is 1. The third kappa shape index (κ3) is 2.37. The van der Waals surface area contributed by atoms with E-state index in [2.05, 4.69) is 10.3 Å². The predicted octanol–water partition coefficient (Wildman–Crippen LogP) is 3.18. The number of aromatic nitrogens is 1. The average Bonchev–Trinajstić information content (AvgIpc) is 2.91. The van der Waals surface area contributed by atoms with E-state index in [9.17, 15) is 4.79 Å². The number of hydrogen-bond donors (Lipinski definition) is 1. The van der Waals surface area contributed by atoms with Crippen LogP contribution in [0.2, 0.25) is 5.02 Å². The number of likely N-dealkylation sites (tertiary alicyclic amines) is 1. The molecule has 0 bridgehead atoms. The van der Waals surface area contributed by atoms with Crippen molar-refractivity contribution in [3.05, 3.63) is 22.8 Å². The number of amides is 1. The highest BCUT2D eigenvalue weighted by Gasteiger charge is 2.39. The standard InChI is InChI=1S/C15H20ClN3O/c1-17-13-7-6-11(16)14(18-13)15(20)19-9-8-10-4-2-3-5-12(10)19/h6-7,10,12H,2-5,8-9H2,1H3,(H,17,18). The van der Waals surface area contributed by atoms with Crippen LogP contribution in [0.3, 0.4) is 0 Å². The van der Waals surface area contributed by atoms with Gasteiger partial charge in [0.2, 0.25) is 0 Å². The number of carbonyl (C=O) groups excluding carboxylic acids is 1. The molecule has 1 saturated carbocycles. The topological polar surface area (TPSA) is 45.2 Å². The summed E-state index contributed by atoms with van der Waals surface area (Å²) in [7, 11) is 1.79. The van der Waals surface area contributed by atoms with Gasteiger partial charge < -0.3 is 10.2 Å². The van der Waals surface area contributed by atoms with Crippen LogP contribution in [0.15, 0.2) is 12.1 Å². The molecular formula is C15H20ClN3O. The Hall–Kier alpha value is -1.29. The summed E-state index contributed by atoms with van der Waals surface area (Å²) >= 11 is 6.16. The van der Waals surface area contributed by atoms with Gasteiger partial charge in [-0.05, 0) is 37.3 Å². The molecule has 1 aromatic rings. The second-order valence-corrected chi connectivity index (χ2v) is 6.08. The summed E-state index contributed by atoms with van der Waals surface area (Å²) in [6, 6.07) is 3.92. The van der Waals surface area contributed by atoms with Crippen LogP contribution in [0.1, 0.15) is 42.6 Å². The number of nitrogens with zero attached hydrogens (tertiary/aromatic N) is 2. The molecule has 1 aliphatic carbocycles. The maximum atomic E-state index is 12.7. The van der Waals surface area contributed by atoms with Gasteiger partial charge in [-0.2, -0.15) is 0 Å². The van der Waals surface area contributed by atoms with E-state index in [0.29, 0.717) is 28.5 Å².